The summed E-state index contributed by atoms with van der Waals surface area (Å²) in [6, 6.07) is 8.30. The fourth-order valence-corrected chi connectivity index (χ4v) is 4.51. The molecule has 2 heterocycles. The summed E-state index contributed by atoms with van der Waals surface area (Å²) in [5.74, 6) is 2.06. The molecule has 0 aromatic heterocycles. The number of para-hydroxylation sites is 1. The van der Waals surface area contributed by atoms with E-state index in [2.05, 4.69) is 29.3 Å². The minimum absolute atomic E-state index is 0.0882. The average Bonchev–Trinajstić information content (AvgIpc) is 3.38. The summed E-state index contributed by atoms with van der Waals surface area (Å²) in [7, 11) is 1.74. The van der Waals surface area contributed by atoms with Gasteiger partial charge in [0.05, 0.1) is 13.7 Å². The van der Waals surface area contributed by atoms with Crippen LogP contribution in [-0.2, 0) is 14.9 Å². The van der Waals surface area contributed by atoms with Gasteiger partial charge in [-0.25, -0.2) is 0 Å². The molecule has 0 bridgehead atoms. The molecule has 1 aromatic rings. The lowest BCUT2D eigenvalue weighted by molar-refractivity contribution is -0.142. The van der Waals surface area contributed by atoms with Crippen molar-refractivity contribution in [2.75, 3.05) is 53.0 Å². The SMILES string of the molecule is CCNC(=NCC1(c2ccccc2OC)CC1)N1CCN(C(=O)C2CCCO2)CC1. The van der Waals surface area contributed by atoms with Gasteiger partial charge in [0, 0.05) is 50.3 Å². The number of nitrogens with one attached hydrogen (secondary N) is 1. The van der Waals surface area contributed by atoms with Gasteiger partial charge < -0.3 is 24.6 Å². The molecule has 1 aliphatic carbocycles. The number of rotatable bonds is 6. The Kier molecular flexibility index (Phi) is 6.46. The van der Waals surface area contributed by atoms with Gasteiger partial charge in [-0.3, -0.25) is 9.79 Å². The number of hydrogen-bond donors (Lipinski definition) is 1. The second-order valence-corrected chi connectivity index (χ2v) is 8.46. The molecule has 1 aromatic carbocycles. The molecule has 2 saturated heterocycles. The highest BCUT2D eigenvalue weighted by Gasteiger charge is 2.46. The minimum Gasteiger partial charge on any atom is -0.496 e. The lowest BCUT2D eigenvalue weighted by atomic mass is 9.95. The fraction of sp³-hybridized carbons (Fsp3) is 0.652. The molecule has 0 spiro atoms. The Balaban J connectivity index is 1.39. The summed E-state index contributed by atoms with van der Waals surface area (Å²) in [6.07, 6.45) is 3.89. The van der Waals surface area contributed by atoms with Gasteiger partial charge in [-0.2, -0.15) is 0 Å². The molecule has 1 atom stereocenters. The van der Waals surface area contributed by atoms with Crippen molar-refractivity contribution < 1.29 is 14.3 Å². The molecule has 7 heteroatoms. The van der Waals surface area contributed by atoms with Crippen molar-refractivity contribution in [3.63, 3.8) is 0 Å². The van der Waals surface area contributed by atoms with E-state index >= 15 is 0 Å². The first-order valence-electron chi connectivity index (χ1n) is 11.2. The number of nitrogens with zero attached hydrogens (tertiary/aromatic N) is 3. The molecule has 3 fully saturated rings. The Morgan fingerprint density at radius 3 is 2.60 bits per heavy atom. The first-order valence-corrected chi connectivity index (χ1v) is 11.2. The molecule has 7 nitrogen and oxygen atoms in total. The standard InChI is InChI=1S/C23H34N4O3/c1-3-24-22(25-17-23(10-11-23)18-7-4-5-8-19(18)29-2)27-14-12-26(13-15-27)21(28)20-9-6-16-30-20/h4-5,7-8,20H,3,6,9-17H2,1-2H3,(H,24,25). The second-order valence-electron chi connectivity index (χ2n) is 8.46. The molecule has 1 N–H and O–H groups in total. The first kappa shape index (κ1) is 21.0. The van der Waals surface area contributed by atoms with Crippen molar-refractivity contribution in [3.8, 4) is 5.75 Å². The maximum atomic E-state index is 12.6. The van der Waals surface area contributed by atoms with E-state index in [1.54, 1.807) is 7.11 Å². The van der Waals surface area contributed by atoms with E-state index in [1.807, 2.05) is 17.0 Å². The number of guanidine groups is 1. The van der Waals surface area contributed by atoms with Crippen molar-refractivity contribution in [2.45, 2.75) is 44.1 Å². The number of amides is 1. The van der Waals surface area contributed by atoms with Crippen LogP contribution in [0.15, 0.2) is 29.3 Å². The monoisotopic (exact) mass is 414 g/mol. The van der Waals surface area contributed by atoms with E-state index in [0.717, 1.165) is 76.7 Å². The first-order chi connectivity index (χ1) is 14.7. The fourth-order valence-electron chi connectivity index (χ4n) is 4.51. The maximum absolute atomic E-state index is 12.6. The summed E-state index contributed by atoms with van der Waals surface area (Å²) in [5.41, 5.74) is 1.35. The van der Waals surface area contributed by atoms with E-state index in [9.17, 15) is 4.79 Å². The normalized spacial score (nSPS) is 23.4. The summed E-state index contributed by atoms with van der Waals surface area (Å²) in [5, 5.41) is 3.45. The van der Waals surface area contributed by atoms with E-state index < -0.39 is 0 Å². The van der Waals surface area contributed by atoms with Gasteiger partial charge >= 0.3 is 0 Å². The van der Waals surface area contributed by atoms with Crippen LogP contribution in [0.4, 0.5) is 0 Å². The van der Waals surface area contributed by atoms with Crippen LogP contribution < -0.4 is 10.1 Å². The van der Waals surface area contributed by atoms with E-state index in [0.29, 0.717) is 6.61 Å². The number of carbonyl (C=O) groups excluding carboxylic acids is 1. The lowest BCUT2D eigenvalue weighted by Crippen LogP contribution is -2.55. The third kappa shape index (κ3) is 4.41. The molecular weight excluding hydrogens is 380 g/mol. The van der Waals surface area contributed by atoms with E-state index in [1.165, 1.54) is 5.56 Å². The predicted octanol–water partition coefficient (Wildman–Crippen LogP) is 2.02. The highest BCUT2D eigenvalue weighted by atomic mass is 16.5. The van der Waals surface area contributed by atoms with Gasteiger partial charge in [-0.05, 0) is 38.7 Å². The number of methoxy groups -OCH3 is 1. The molecule has 30 heavy (non-hydrogen) atoms. The average molecular weight is 415 g/mol. The molecule has 1 amide bonds. The number of aliphatic imine (C=N–C) groups is 1. The Bertz CT molecular complexity index is 763. The molecule has 1 unspecified atom stereocenters. The van der Waals surface area contributed by atoms with Crippen molar-refractivity contribution in [1.82, 2.24) is 15.1 Å². The number of benzene rings is 1. The number of hydrogen-bond acceptors (Lipinski definition) is 4. The molecule has 0 radical (unpaired) electrons. The van der Waals surface area contributed by atoms with Crippen LogP contribution in [0.5, 0.6) is 5.75 Å². The van der Waals surface area contributed by atoms with Crippen LogP contribution in [-0.4, -0.2) is 80.8 Å². The van der Waals surface area contributed by atoms with E-state index in [-0.39, 0.29) is 17.4 Å². The Hall–Kier alpha value is -2.28. The van der Waals surface area contributed by atoms with Gasteiger partial charge in [0.15, 0.2) is 5.96 Å². The number of ether oxygens (including phenoxy) is 2. The van der Waals surface area contributed by atoms with Crippen LogP contribution in [0.1, 0.15) is 38.2 Å². The van der Waals surface area contributed by atoms with Crippen molar-refractivity contribution in [3.05, 3.63) is 29.8 Å². The van der Waals surface area contributed by atoms with Gasteiger partial charge in [0.25, 0.3) is 5.91 Å². The minimum atomic E-state index is -0.228. The molecule has 4 rings (SSSR count). The second kappa shape index (κ2) is 9.25. The summed E-state index contributed by atoms with van der Waals surface area (Å²) in [4.78, 5) is 21.9. The van der Waals surface area contributed by atoms with Gasteiger partial charge in [0.2, 0.25) is 0 Å². The van der Waals surface area contributed by atoms with Crippen molar-refractivity contribution >= 4 is 11.9 Å². The van der Waals surface area contributed by atoms with Gasteiger partial charge in [-0.1, -0.05) is 18.2 Å². The van der Waals surface area contributed by atoms with Gasteiger partial charge in [0.1, 0.15) is 11.9 Å². The summed E-state index contributed by atoms with van der Waals surface area (Å²) < 4.78 is 11.2. The highest BCUT2D eigenvalue weighted by Crippen LogP contribution is 2.51. The number of piperazine rings is 1. The molecule has 3 aliphatic rings. The quantitative estimate of drug-likeness (QED) is 0.570. The number of carbonyl (C=O) groups is 1. The van der Waals surface area contributed by atoms with Gasteiger partial charge in [-0.15, -0.1) is 0 Å². The smallest absolute Gasteiger partial charge is 0.251 e. The molecular formula is C23H34N4O3. The van der Waals surface area contributed by atoms with Crippen LogP contribution in [0.2, 0.25) is 0 Å². The predicted molar refractivity (Wildman–Crippen MR) is 117 cm³/mol. The molecule has 2 aliphatic heterocycles. The molecule has 1 saturated carbocycles. The van der Waals surface area contributed by atoms with Crippen molar-refractivity contribution in [2.24, 2.45) is 4.99 Å². The topological polar surface area (TPSA) is 66.4 Å². The summed E-state index contributed by atoms with van der Waals surface area (Å²) in [6.45, 7) is 7.43. The highest BCUT2D eigenvalue weighted by molar-refractivity contribution is 5.83. The third-order valence-corrected chi connectivity index (χ3v) is 6.49. The Labute approximate surface area is 179 Å². The largest absolute Gasteiger partial charge is 0.496 e. The van der Waals surface area contributed by atoms with Crippen LogP contribution in [0.3, 0.4) is 0 Å². The Morgan fingerprint density at radius 2 is 1.97 bits per heavy atom. The van der Waals surface area contributed by atoms with Crippen LogP contribution in [0.25, 0.3) is 0 Å². The maximum Gasteiger partial charge on any atom is 0.251 e. The summed E-state index contributed by atoms with van der Waals surface area (Å²) >= 11 is 0. The van der Waals surface area contributed by atoms with Crippen molar-refractivity contribution in [1.29, 1.82) is 0 Å². The third-order valence-electron chi connectivity index (χ3n) is 6.49. The zero-order valence-electron chi connectivity index (χ0n) is 18.2. The van der Waals surface area contributed by atoms with Crippen LogP contribution >= 0.6 is 0 Å². The van der Waals surface area contributed by atoms with Crippen LogP contribution in [0, 0.1) is 0 Å². The zero-order chi connectivity index (χ0) is 21.0. The van der Waals surface area contributed by atoms with E-state index in [4.69, 9.17) is 14.5 Å². The zero-order valence-corrected chi connectivity index (χ0v) is 18.2. The lowest BCUT2D eigenvalue weighted by Gasteiger charge is -2.37. The molecule has 164 valence electrons. The Morgan fingerprint density at radius 1 is 1.23 bits per heavy atom.